The van der Waals surface area contributed by atoms with Gasteiger partial charge in [0.15, 0.2) is 18.1 Å². The highest BCUT2D eigenvalue weighted by Crippen LogP contribution is 2.29. The van der Waals surface area contributed by atoms with Gasteiger partial charge in [-0.05, 0) is 60.2 Å². The Balaban J connectivity index is 1.57. The molecule has 1 amide bonds. The van der Waals surface area contributed by atoms with Gasteiger partial charge in [0.2, 0.25) is 0 Å². The number of esters is 1. The maximum atomic E-state index is 12.9. The highest BCUT2D eigenvalue weighted by atomic mass is 35.5. The van der Waals surface area contributed by atoms with E-state index < -0.39 is 17.7 Å². The van der Waals surface area contributed by atoms with E-state index in [1.165, 1.54) is 43.7 Å². The Hall–Kier alpha value is -3.91. The molecule has 0 aliphatic carbocycles. The molecule has 3 aromatic rings. The van der Waals surface area contributed by atoms with Gasteiger partial charge >= 0.3 is 5.97 Å². The summed E-state index contributed by atoms with van der Waals surface area (Å²) in [4.78, 5) is 24.2. The predicted molar refractivity (Wildman–Crippen MR) is 117 cm³/mol. The van der Waals surface area contributed by atoms with Crippen LogP contribution in [0.25, 0.3) is 0 Å². The number of carbonyl (C=O) groups excluding carboxylic acids is 2. The van der Waals surface area contributed by atoms with Gasteiger partial charge in [-0.15, -0.1) is 0 Å². The molecule has 0 aromatic heterocycles. The first-order chi connectivity index (χ1) is 15.5. The first-order valence-electron chi connectivity index (χ1n) is 9.31. The molecule has 0 atom stereocenters. The molecule has 0 spiro atoms. The van der Waals surface area contributed by atoms with E-state index in [-0.39, 0.29) is 22.9 Å². The Morgan fingerprint density at radius 3 is 2.53 bits per heavy atom. The van der Waals surface area contributed by atoms with Gasteiger partial charge in [-0.1, -0.05) is 23.7 Å². The summed E-state index contributed by atoms with van der Waals surface area (Å²) in [6, 6.07) is 16.6. The molecule has 7 nitrogen and oxygen atoms in total. The molecule has 9 heteroatoms. The second-order valence-electron chi connectivity index (χ2n) is 6.32. The van der Waals surface area contributed by atoms with Crippen molar-refractivity contribution in [2.75, 3.05) is 13.7 Å². The van der Waals surface area contributed by atoms with Crippen molar-refractivity contribution in [3.8, 4) is 17.2 Å². The Morgan fingerprint density at radius 1 is 1.06 bits per heavy atom. The van der Waals surface area contributed by atoms with Crippen LogP contribution < -0.4 is 19.6 Å². The van der Waals surface area contributed by atoms with Crippen molar-refractivity contribution in [2.45, 2.75) is 0 Å². The summed E-state index contributed by atoms with van der Waals surface area (Å²) in [5.41, 5.74) is 3.13. The molecule has 0 radical (unpaired) electrons. The molecular weight excluding hydrogens is 439 g/mol. The van der Waals surface area contributed by atoms with Crippen LogP contribution in [0.15, 0.2) is 71.8 Å². The van der Waals surface area contributed by atoms with E-state index in [4.69, 9.17) is 25.8 Å². The zero-order valence-corrected chi connectivity index (χ0v) is 17.6. The van der Waals surface area contributed by atoms with Gasteiger partial charge in [-0.3, -0.25) is 4.79 Å². The topological polar surface area (TPSA) is 86.2 Å². The van der Waals surface area contributed by atoms with Gasteiger partial charge in [0.05, 0.1) is 23.9 Å². The fraction of sp³-hybridized carbons (Fsp3) is 0.0870. The predicted octanol–water partition coefficient (Wildman–Crippen LogP) is 4.24. The molecule has 0 saturated heterocycles. The molecule has 0 heterocycles. The van der Waals surface area contributed by atoms with Crippen molar-refractivity contribution in [1.29, 1.82) is 0 Å². The summed E-state index contributed by atoms with van der Waals surface area (Å²) in [5.74, 6) is -0.665. The smallest absolute Gasteiger partial charge is 0.345 e. The van der Waals surface area contributed by atoms with E-state index in [0.717, 1.165) is 0 Å². The van der Waals surface area contributed by atoms with Crippen molar-refractivity contribution in [3.05, 3.63) is 88.7 Å². The Morgan fingerprint density at radius 2 is 1.81 bits per heavy atom. The van der Waals surface area contributed by atoms with E-state index in [1.807, 2.05) is 0 Å². The van der Waals surface area contributed by atoms with Crippen LogP contribution in [-0.4, -0.2) is 31.8 Å². The summed E-state index contributed by atoms with van der Waals surface area (Å²) in [6.07, 6.45) is 1.39. The molecule has 1 N–H and O–H groups in total. The zero-order valence-electron chi connectivity index (χ0n) is 16.9. The molecule has 0 fully saturated rings. The molecule has 164 valence electrons. The molecule has 3 aromatic carbocycles. The van der Waals surface area contributed by atoms with E-state index in [1.54, 1.807) is 36.4 Å². The van der Waals surface area contributed by atoms with Crippen molar-refractivity contribution in [1.82, 2.24) is 5.43 Å². The average Bonchev–Trinajstić information content (AvgIpc) is 2.79. The zero-order chi connectivity index (χ0) is 22.9. The Labute approximate surface area is 188 Å². The average molecular weight is 457 g/mol. The number of hydrogen-bond acceptors (Lipinski definition) is 6. The number of nitrogens with one attached hydrogen (secondary N) is 1. The van der Waals surface area contributed by atoms with Gasteiger partial charge in [0.25, 0.3) is 5.91 Å². The van der Waals surface area contributed by atoms with Gasteiger partial charge in [-0.25, -0.2) is 14.6 Å². The summed E-state index contributed by atoms with van der Waals surface area (Å²) in [6.45, 7) is -0.288. The van der Waals surface area contributed by atoms with Crippen molar-refractivity contribution < 1.29 is 28.2 Å². The lowest BCUT2D eigenvalue weighted by Crippen LogP contribution is -2.24. The van der Waals surface area contributed by atoms with Gasteiger partial charge < -0.3 is 14.2 Å². The van der Waals surface area contributed by atoms with Crippen LogP contribution in [0.1, 0.15) is 15.9 Å². The molecule has 0 bridgehead atoms. The number of hydrazone groups is 1. The third-order valence-electron chi connectivity index (χ3n) is 4.07. The Kier molecular flexibility index (Phi) is 7.77. The van der Waals surface area contributed by atoms with Crippen LogP contribution in [0.3, 0.4) is 0 Å². The fourth-order valence-corrected chi connectivity index (χ4v) is 2.73. The number of rotatable bonds is 8. The number of benzene rings is 3. The minimum Gasteiger partial charge on any atom is -0.493 e. The standard InChI is InChI=1S/C23H18ClFN2O5/c1-30-21-12-15(6-11-20(21)32-23(29)18-4-2-3-5-19(18)24)13-26-27-22(28)14-31-17-9-7-16(25)8-10-17/h2-13H,14H2,1H3,(H,27,28)/b26-13-. The molecule has 0 aliphatic rings. The Bertz CT molecular complexity index is 1140. The largest absolute Gasteiger partial charge is 0.493 e. The fourth-order valence-electron chi connectivity index (χ4n) is 2.52. The highest BCUT2D eigenvalue weighted by Gasteiger charge is 2.15. The van der Waals surface area contributed by atoms with Gasteiger partial charge in [0, 0.05) is 0 Å². The van der Waals surface area contributed by atoms with E-state index in [2.05, 4.69) is 10.5 Å². The summed E-state index contributed by atoms with van der Waals surface area (Å²) in [7, 11) is 1.43. The monoisotopic (exact) mass is 456 g/mol. The number of carbonyl (C=O) groups is 2. The minimum absolute atomic E-state index is 0.200. The first-order valence-corrected chi connectivity index (χ1v) is 9.69. The number of hydrogen-bond donors (Lipinski definition) is 1. The number of methoxy groups -OCH3 is 1. The third kappa shape index (κ3) is 6.29. The number of ether oxygens (including phenoxy) is 3. The second-order valence-corrected chi connectivity index (χ2v) is 6.72. The summed E-state index contributed by atoms with van der Waals surface area (Å²) < 4.78 is 28.7. The molecule has 0 unspecified atom stereocenters. The van der Waals surface area contributed by atoms with Crippen LogP contribution >= 0.6 is 11.6 Å². The first kappa shape index (κ1) is 22.8. The molecule has 0 aliphatic heterocycles. The lowest BCUT2D eigenvalue weighted by atomic mass is 10.2. The molecule has 3 rings (SSSR count). The molecular formula is C23H18ClFN2O5. The minimum atomic E-state index is -0.622. The number of amides is 1. The van der Waals surface area contributed by atoms with Crippen molar-refractivity contribution in [2.24, 2.45) is 5.10 Å². The normalized spacial score (nSPS) is 10.6. The van der Waals surface area contributed by atoms with Crippen LogP contribution in [0, 0.1) is 5.82 Å². The van der Waals surface area contributed by atoms with Crippen LogP contribution in [-0.2, 0) is 4.79 Å². The maximum Gasteiger partial charge on any atom is 0.345 e. The number of nitrogens with zero attached hydrogens (tertiary/aromatic N) is 1. The van der Waals surface area contributed by atoms with Crippen molar-refractivity contribution in [3.63, 3.8) is 0 Å². The molecule has 0 saturated carbocycles. The van der Waals surface area contributed by atoms with Crippen LogP contribution in [0.4, 0.5) is 4.39 Å². The third-order valence-corrected chi connectivity index (χ3v) is 4.40. The quantitative estimate of drug-likeness (QED) is 0.237. The maximum absolute atomic E-state index is 12.9. The lowest BCUT2D eigenvalue weighted by molar-refractivity contribution is -0.123. The molecule has 32 heavy (non-hydrogen) atoms. The summed E-state index contributed by atoms with van der Waals surface area (Å²) in [5, 5.41) is 4.13. The second kappa shape index (κ2) is 10.9. The van der Waals surface area contributed by atoms with Gasteiger partial charge in [-0.2, -0.15) is 5.10 Å². The number of halogens is 2. The van der Waals surface area contributed by atoms with Crippen LogP contribution in [0.2, 0.25) is 5.02 Å². The highest BCUT2D eigenvalue weighted by molar-refractivity contribution is 6.33. The van der Waals surface area contributed by atoms with Gasteiger partial charge in [0.1, 0.15) is 11.6 Å². The van der Waals surface area contributed by atoms with Crippen molar-refractivity contribution >= 4 is 29.7 Å². The van der Waals surface area contributed by atoms with E-state index in [9.17, 15) is 14.0 Å². The summed E-state index contributed by atoms with van der Waals surface area (Å²) >= 11 is 6.02. The lowest BCUT2D eigenvalue weighted by Gasteiger charge is -2.10. The van der Waals surface area contributed by atoms with E-state index in [0.29, 0.717) is 17.1 Å². The van der Waals surface area contributed by atoms with E-state index >= 15 is 0 Å². The SMILES string of the molecule is COc1cc(/C=N\NC(=O)COc2ccc(F)cc2)ccc1OC(=O)c1ccccc1Cl. The van der Waals surface area contributed by atoms with Crippen LogP contribution in [0.5, 0.6) is 17.2 Å².